The number of aliphatic carboxylic acids is 1. The molecule has 0 aromatic carbocycles. The summed E-state index contributed by atoms with van der Waals surface area (Å²) in [5.74, 6) is -1.04. The molecule has 2 saturated heterocycles. The SMILES string of the molecule is CC1(OCC(=O)O)CN(S(=O)(=O)N2CCCCC2)C1. The molecule has 0 aliphatic carbocycles. The third-order valence-electron chi connectivity index (χ3n) is 3.53. The molecule has 110 valence electrons. The van der Waals surface area contributed by atoms with E-state index in [1.54, 1.807) is 6.92 Å². The molecule has 2 aliphatic heterocycles. The van der Waals surface area contributed by atoms with Gasteiger partial charge in [0.1, 0.15) is 6.61 Å². The number of ether oxygens (including phenoxy) is 1. The standard InChI is InChI=1S/C11H20N2O5S/c1-11(18-7-10(14)15)8-13(9-11)19(16,17)12-5-3-2-4-6-12/h2-9H2,1H3,(H,14,15). The van der Waals surface area contributed by atoms with Gasteiger partial charge in [0.05, 0.1) is 5.60 Å². The van der Waals surface area contributed by atoms with Crippen LogP contribution < -0.4 is 0 Å². The van der Waals surface area contributed by atoms with Crippen molar-refractivity contribution >= 4 is 16.2 Å². The maximum atomic E-state index is 12.3. The molecule has 0 unspecified atom stereocenters. The van der Waals surface area contributed by atoms with Crippen molar-refractivity contribution in [1.29, 1.82) is 0 Å². The van der Waals surface area contributed by atoms with Gasteiger partial charge >= 0.3 is 5.97 Å². The molecule has 0 bridgehead atoms. The first kappa shape index (κ1) is 14.7. The Labute approximate surface area is 113 Å². The van der Waals surface area contributed by atoms with Crippen LogP contribution in [0.15, 0.2) is 0 Å². The second-order valence-corrected chi connectivity index (χ2v) is 7.30. The van der Waals surface area contributed by atoms with Gasteiger partial charge in [-0.1, -0.05) is 6.42 Å². The minimum Gasteiger partial charge on any atom is -0.480 e. The highest BCUT2D eigenvalue weighted by molar-refractivity contribution is 7.86. The molecule has 2 fully saturated rings. The summed E-state index contributed by atoms with van der Waals surface area (Å²) in [6.45, 7) is 2.93. The second kappa shape index (κ2) is 5.35. The maximum absolute atomic E-state index is 12.3. The molecular weight excluding hydrogens is 272 g/mol. The third-order valence-corrected chi connectivity index (χ3v) is 5.46. The third kappa shape index (κ3) is 3.25. The minimum absolute atomic E-state index is 0.221. The average molecular weight is 292 g/mol. The van der Waals surface area contributed by atoms with Gasteiger partial charge in [-0.05, 0) is 19.8 Å². The molecular formula is C11H20N2O5S. The van der Waals surface area contributed by atoms with E-state index in [4.69, 9.17) is 9.84 Å². The van der Waals surface area contributed by atoms with E-state index in [-0.39, 0.29) is 13.1 Å². The van der Waals surface area contributed by atoms with Crippen molar-refractivity contribution in [2.45, 2.75) is 31.8 Å². The topological polar surface area (TPSA) is 87.1 Å². The van der Waals surface area contributed by atoms with E-state index in [0.29, 0.717) is 13.1 Å². The molecule has 1 N–H and O–H groups in total. The van der Waals surface area contributed by atoms with E-state index in [0.717, 1.165) is 19.3 Å². The Kier molecular flexibility index (Phi) is 4.14. The number of nitrogens with zero attached hydrogens (tertiary/aromatic N) is 2. The fraction of sp³-hybridized carbons (Fsp3) is 0.909. The number of hydrogen-bond donors (Lipinski definition) is 1. The molecule has 0 radical (unpaired) electrons. The van der Waals surface area contributed by atoms with E-state index in [9.17, 15) is 13.2 Å². The molecule has 0 aromatic heterocycles. The molecule has 19 heavy (non-hydrogen) atoms. The lowest BCUT2D eigenvalue weighted by Gasteiger charge is -2.47. The second-order valence-electron chi connectivity index (χ2n) is 5.37. The molecule has 0 atom stereocenters. The first-order chi connectivity index (χ1) is 8.83. The van der Waals surface area contributed by atoms with Crippen LogP contribution in [0.2, 0.25) is 0 Å². The molecule has 2 aliphatic rings. The average Bonchev–Trinajstić information content (AvgIpc) is 2.34. The molecule has 2 heterocycles. The van der Waals surface area contributed by atoms with Crippen LogP contribution in [0.25, 0.3) is 0 Å². The van der Waals surface area contributed by atoms with Crippen molar-refractivity contribution in [1.82, 2.24) is 8.61 Å². The predicted molar refractivity (Wildman–Crippen MR) is 67.9 cm³/mol. The lowest BCUT2D eigenvalue weighted by atomic mass is 10.0. The zero-order valence-corrected chi connectivity index (χ0v) is 11.9. The van der Waals surface area contributed by atoms with Gasteiger partial charge in [-0.2, -0.15) is 17.0 Å². The van der Waals surface area contributed by atoms with Crippen LogP contribution >= 0.6 is 0 Å². The van der Waals surface area contributed by atoms with Gasteiger partial charge < -0.3 is 9.84 Å². The van der Waals surface area contributed by atoms with E-state index in [1.807, 2.05) is 0 Å². The fourth-order valence-corrected chi connectivity index (χ4v) is 4.37. The van der Waals surface area contributed by atoms with E-state index >= 15 is 0 Å². The smallest absolute Gasteiger partial charge is 0.329 e. The normalized spacial score (nSPS) is 24.9. The summed E-state index contributed by atoms with van der Waals surface area (Å²) in [5.41, 5.74) is -0.679. The minimum atomic E-state index is -3.40. The summed E-state index contributed by atoms with van der Waals surface area (Å²) in [7, 11) is -3.40. The maximum Gasteiger partial charge on any atom is 0.329 e. The van der Waals surface area contributed by atoms with Gasteiger partial charge in [0.2, 0.25) is 0 Å². The summed E-state index contributed by atoms with van der Waals surface area (Å²) in [6.07, 6.45) is 2.88. The Bertz CT molecular complexity index is 438. The quantitative estimate of drug-likeness (QED) is 0.764. The number of carbonyl (C=O) groups is 1. The number of hydrogen-bond acceptors (Lipinski definition) is 4. The molecule has 0 aromatic rings. The fourth-order valence-electron chi connectivity index (χ4n) is 2.45. The van der Waals surface area contributed by atoms with Crippen LogP contribution in [0.5, 0.6) is 0 Å². The van der Waals surface area contributed by atoms with Gasteiger partial charge in [0.25, 0.3) is 10.2 Å². The van der Waals surface area contributed by atoms with Crippen LogP contribution in [0.4, 0.5) is 0 Å². The summed E-state index contributed by atoms with van der Waals surface area (Å²) in [6, 6.07) is 0. The number of carboxylic acid groups (broad SMARTS) is 1. The summed E-state index contributed by atoms with van der Waals surface area (Å²) in [5, 5.41) is 8.56. The van der Waals surface area contributed by atoms with Gasteiger partial charge in [-0.25, -0.2) is 4.79 Å². The molecule has 7 nitrogen and oxygen atoms in total. The zero-order chi connectivity index (χ0) is 14.1. The monoisotopic (exact) mass is 292 g/mol. The van der Waals surface area contributed by atoms with Crippen LogP contribution in [-0.2, 0) is 19.7 Å². The van der Waals surface area contributed by atoms with Gasteiger partial charge in [0, 0.05) is 26.2 Å². The Morgan fingerprint density at radius 2 is 1.79 bits per heavy atom. The highest BCUT2D eigenvalue weighted by Crippen LogP contribution is 2.29. The lowest BCUT2D eigenvalue weighted by molar-refractivity contribution is -0.157. The van der Waals surface area contributed by atoms with Crippen molar-refractivity contribution in [2.24, 2.45) is 0 Å². The van der Waals surface area contributed by atoms with E-state index in [1.165, 1.54) is 8.61 Å². The van der Waals surface area contributed by atoms with Crippen LogP contribution in [-0.4, -0.2) is 66.5 Å². The van der Waals surface area contributed by atoms with Crippen molar-refractivity contribution in [2.75, 3.05) is 32.8 Å². The molecule has 8 heteroatoms. The van der Waals surface area contributed by atoms with Gasteiger partial charge in [-0.3, -0.25) is 0 Å². The largest absolute Gasteiger partial charge is 0.480 e. The van der Waals surface area contributed by atoms with Gasteiger partial charge in [-0.15, -0.1) is 0 Å². The Balaban J connectivity index is 1.89. The molecule has 0 saturated carbocycles. The zero-order valence-electron chi connectivity index (χ0n) is 11.0. The summed E-state index contributed by atoms with van der Waals surface area (Å²) < 4.78 is 32.6. The van der Waals surface area contributed by atoms with Crippen LogP contribution in [0.1, 0.15) is 26.2 Å². The van der Waals surface area contributed by atoms with Crippen molar-refractivity contribution in [3.63, 3.8) is 0 Å². The van der Waals surface area contributed by atoms with Crippen LogP contribution in [0, 0.1) is 0 Å². The van der Waals surface area contributed by atoms with Crippen molar-refractivity contribution < 1.29 is 23.1 Å². The van der Waals surface area contributed by atoms with Gasteiger partial charge in [0.15, 0.2) is 0 Å². The predicted octanol–water partition coefficient (Wildman–Crippen LogP) is -0.107. The Hall–Kier alpha value is -0.700. The summed E-state index contributed by atoms with van der Waals surface area (Å²) >= 11 is 0. The van der Waals surface area contributed by atoms with E-state index in [2.05, 4.69) is 0 Å². The first-order valence-electron chi connectivity index (χ1n) is 6.44. The molecule has 0 amide bonds. The molecule has 0 spiro atoms. The lowest BCUT2D eigenvalue weighted by Crippen LogP contribution is -2.65. The van der Waals surface area contributed by atoms with Crippen molar-refractivity contribution in [3.05, 3.63) is 0 Å². The number of piperidine rings is 1. The Morgan fingerprint density at radius 3 is 2.32 bits per heavy atom. The Morgan fingerprint density at radius 1 is 1.21 bits per heavy atom. The number of rotatable bonds is 5. The summed E-state index contributed by atoms with van der Waals surface area (Å²) in [4.78, 5) is 10.4. The van der Waals surface area contributed by atoms with E-state index < -0.39 is 28.4 Å². The first-order valence-corrected chi connectivity index (χ1v) is 7.84. The highest BCUT2D eigenvalue weighted by Gasteiger charge is 2.48. The molecule has 2 rings (SSSR count). The van der Waals surface area contributed by atoms with Crippen molar-refractivity contribution in [3.8, 4) is 0 Å². The van der Waals surface area contributed by atoms with Crippen LogP contribution in [0.3, 0.4) is 0 Å². The highest BCUT2D eigenvalue weighted by atomic mass is 32.2. The number of carboxylic acids is 1.